The van der Waals surface area contributed by atoms with Crippen molar-refractivity contribution >= 4 is 33.3 Å². The second kappa shape index (κ2) is 10.1. The smallest absolute Gasteiger partial charge is 0.324 e. The largest absolute Gasteiger partial charge is 0.454 e. The van der Waals surface area contributed by atoms with E-state index in [9.17, 15) is 28.1 Å². The number of carbonyl (C=O) groups excluding carboxylic acids is 2. The van der Waals surface area contributed by atoms with E-state index in [1.165, 1.54) is 30.3 Å². The van der Waals surface area contributed by atoms with Gasteiger partial charge in [-0.1, -0.05) is 38.1 Å². The van der Waals surface area contributed by atoms with Crippen molar-refractivity contribution in [2.75, 3.05) is 11.9 Å². The van der Waals surface area contributed by atoms with Gasteiger partial charge in [-0.3, -0.25) is 19.7 Å². The third-order valence-corrected chi connectivity index (χ3v) is 5.75. The van der Waals surface area contributed by atoms with Crippen LogP contribution in [0.25, 0.3) is 0 Å². The Hall–Kier alpha value is -3.31. The molecule has 1 atom stereocenters. The van der Waals surface area contributed by atoms with Crippen molar-refractivity contribution < 1.29 is 27.7 Å². The molecule has 0 fully saturated rings. The van der Waals surface area contributed by atoms with Gasteiger partial charge in [0.1, 0.15) is 6.04 Å². The number of ether oxygens (including phenoxy) is 1. The van der Waals surface area contributed by atoms with Crippen LogP contribution in [-0.4, -0.2) is 37.9 Å². The summed E-state index contributed by atoms with van der Waals surface area (Å²) in [5.74, 6) is -2.09. The van der Waals surface area contributed by atoms with Crippen LogP contribution >= 0.6 is 0 Å². The lowest BCUT2D eigenvalue weighted by Gasteiger charge is -2.20. The minimum atomic E-state index is -3.97. The number of aryl methyl sites for hydroxylation is 1. The zero-order valence-electron chi connectivity index (χ0n) is 17.2. The van der Waals surface area contributed by atoms with E-state index >= 15 is 0 Å². The van der Waals surface area contributed by atoms with E-state index < -0.39 is 45.4 Å². The maximum atomic E-state index is 12.5. The maximum absolute atomic E-state index is 12.5. The fourth-order valence-electron chi connectivity index (χ4n) is 2.60. The summed E-state index contributed by atoms with van der Waals surface area (Å²) in [6.07, 6.45) is 0. The fraction of sp³-hybridized carbons (Fsp3) is 0.300. The van der Waals surface area contributed by atoms with Gasteiger partial charge in [-0.05, 0) is 31.0 Å². The van der Waals surface area contributed by atoms with Crippen molar-refractivity contribution in [3.8, 4) is 0 Å². The molecule has 1 amide bonds. The highest BCUT2D eigenvalue weighted by molar-refractivity contribution is 7.89. The minimum absolute atomic E-state index is 0.00726. The van der Waals surface area contributed by atoms with Gasteiger partial charge in [-0.25, -0.2) is 8.42 Å². The molecule has 0 spiro atoms. The summed E-state index contributed by atoms with van der Waals surface area (Å²) in [6.45, 7) is 4.14. The van der Waals surface area contributed by atoms with Crippen LogP contribution in [0.1, 0.15) is 19.4 Å². The van der Waals surface area contributed by atoms with E-state index in [-0.39, 0.29) is 16.3 Å². The van der Waals surface area contributed by atoms with Crippen LogP contribution in [0, 0.1) is 23.0 Å². The van der Waals surface area contributed by atoms with Crippen LogP contribution < -0.4 is 10.0 Å². The average Bonchev–Trinajstić information content (AvgIpc) is 2.72. The van der Waals surface area contributed by atoms with Crippen LogP contribution in [0.15, 0.2) is 53.4 Å². The molecule has 0 aliphatic heterocycles. The zero-order chi connectivity index (χ0) is 23.2. The Morgan fingerprint density at radius 3 is 2.35 bits per heavy atom. The predicted molar refractivity (Wildman–Crippen MR) is 113 cm³/mol. The lowest BCUT2D eigenvalue weighted by atomic mass is 10.1. The van der Waals surface area contributed by atoms with Gasteiger partial charge in [0.25, 0.3) is 11.6 Å². The summed E-state index contributed by atoms with van der Waals surface area (Å²) in [4.78, 5) is 34.9. The fourth-order valence-corrected chi connectivity index (χ4v) is 3.95. The summed E-state index contributed by atoms with van der Waals surface area (Å²) in [5.41, 5.74) is 0.438. The molecule has 0 bridgehead atoms. The standard InChI is InChI=1S/C20H23N3O7S/c1-13(2)19(22-31(28,29)16-7-5-4-6-8-16)20(25)30-12-18(24)21-15-10-9-14(3)17(11-15)23(26)27/h4-11,13,19,22H,12H2,1-3H3,(H,21,24)/t19-/m0/s1. The molecule has 31 heavy (non-hydrogen) atoms. The van der Waals surface area contributed by atoms with E-state index in [1.54, 1.807) is 39.0 Å². The van der Waals surface area contributed by atoms with Crippen molar-refractivity contribution in [3.05, 3.63) is 64.2 Å². The number of amides is 1. The second-order valence-electron chi connectivity index (χ2n) is 7.07. The first-order valence-corrected chi connectivity index (χ1v) is 10.8. The number of carbonyl (C=O) groups is 2. The van der Waals surface area contributed by atoms with E-state index in [4.69, 9.17) is 4.74 Å². The molecule has 2 rings (SSSR count). The summed E-state index contributed by atoms with van der Waals surface area (Å²) >= 11 is 0. The van der Waals surface area contributed by atoms with Gasteiger partial charge >= 0.3 is 5.97 Å². The van der Waals surface area contributed by atoms with Crippen LogP contribution in [-0.2, 0) is 24.3 Å². The van der Waals surface area contributed by atoms with Gasteiger partial charge in [-0.15, -0.1) is 0 Å². The molecule has 2 aromatic rings. The lowest BCUT2D eigenvalue weighted by Crippen LogP contribution is -2.45. The van der Waals surface area contributed by atoms with Crippen LogP contribution in [0.2, 0.25) is 0 Å². The molecule has 0 aromatic heterocycles. The third kappa shape index (κ3) is 6.59. The highest BCUT2D eigenvalue weighted by Crippen LogP contribution is 2.22. The molecule has 0 saturated heterocycles. The number of sulfonamides is 1. The lowest BCUT2D eigenvalue weighted by molar-refractivity contribution is -0.385. The van der Waals surface area contributed by atoms with Crippen molar-refractivity contribution in [1.82, 2.24) is 4.72 Å². The maximum Gasteiger partial charge on any atom is 0.324 e. The Labute approximate surface area is 179 Å². The second-order valence-corrected chi connectivity index (χ2v) is 8.78. The Kier molecular flexibility index (Phi) is 7.83. The van der Waals surface area contributed by atoms with Crippen molar-refractivity contribution in [1.29, 1.82) is 0 Å². The molecule has 0 radical (unpaired) electrons. The first-order valence-electron chi connectivity index (χ1n) is 9.30. The molecule has 0 saturated carbocycles. The third-order valence-electron chi connectivity index (χ3n) is 4.29. The Morgan fingerprint density at radius 2 is 1.77 bits per heavy atom. The monoisotopic (exact) mass is 449 g/mol. The van der Waals surface area contributed by atoms with Gasteiger partial charge in [0.2, 0.25) is 10.0 Å². The zero-order valence-corrected chi connectivity index (χ0v) is 18.0. The molecule has 0 aliphatic carbocycles. The number of hydrogen-bond acceptors (Lipinski definition) is 7. The van der Waals surface area contributed by atoms with Crippen LogP contribution in [0.4, 0.5) is 11.4 Å². The van der Waals surface area contributed by atoms with Crippen molar-refractivity contribution in [3.63, 3.8) is 0 Å². The topological polar surface area (TPSA) is 145 Å². The molecule has 10 nitrogen and oxygen atoms in total. The molecule has 2 N–H and O–H groups in total. The van der Waals surface area contributed by atoms with E-state index in [0.29, 0.717) is 5.56 Å². The normalized spacial score (nSPS) is 12.3. The van der Waals surface area contributed by atoms with Gasteiger partial charge in [0.15, 0.2) is 6.61 Å². The average molecular weight is 449 g/mol. The number of hydrogen-bond donors (Lipinski definition) is 2. The molecular formula is C20H23N3O7S. The van der Waals surface area contributed by atoms with E-state index in [2.05, 4.69) is 10.0 Å². The van der Waals surface area contributed by atoms with E-state index in [1.807, 2.05) is 0 Å². The molecule has 166 valence electrons. The number of nitro benzene ring substituents is 1. The number of rotatable bonds is 9. The van der Waals surface area contributed by atoms with Gasteiger partial charge in [0.05, 0.1) is 9.82 Å². The summed E-state index contributed by atoms with van der Waals surface area (Å²) < 4.78 is 32.3. The van der Waals surface area contributed by atoms with Crippen molar-refractivity contribution in [2.24, 2.45) is 5.92 Å². The molecule has 0 heterocycles. The van der Waals surface area contributed by atoms with Gasteiger partial charge in [0, 0.05) is 17.3 Å². The summed E-state index contributed by atoms with van der Waals surface area (Å²) in [6, 6.07) is 10.5. The quantitative estimate of drug-likeness (QED) is 0.340. The van der Waals surface area contributed by atoms with Gasteiger partial charge in [-0.2, -0.15) is 4.72 Å². The Morgan fingerprint density at radius 1 is 1.13 bits per heavy atom. The SMILES string of the molecule is Cc1ccc(NC(=O)COC(=O)[C@@H](NS(=O)(=O)c2ccccc2)C(C)C)cc1[N+](=O)[O-]. The first kappa shape index (κ1) is 24.0. The highest BCUT2D eigenvalue weighted by atomic mass is 32.2. The number of nitrogens with one attached hydrogen (secondary N) is 2. The van der Waals surface area contributed by atoms with Crippen LogP contribution in [0.3, 0.4) is 0 Å². The van der Waals surface area contributed by atoms with E-state index in [0.717, 1.165) is 0 Å². The molecule has 0 unspecified atom stereocenters. The Balaban J connectivity index is 2.01. The first-order chi connectivity index (χ1) is 14.5. The Bertz CT molecular complexity index is 1070. The molecular weight excluding hydrogens is 426 g/mol. The van der Waals surface area contributed by atoms with Crippen LogP contribution in [0.5, 0.6) is 0 Å². The predicted octanol–water partition coefficient (Wildman–Crippen LogP) is 2.39. The minimum Gasteiger partial charge on any atom is -0.454 e. The molecule has 0 aliphatic rings. The number of esters is 1. The molecule has 11 heteroatoms. The number of nitrogens with zero attached hydrogens (tertiary/aromatic N) is 1. The van der Waals surface area contributed by atoms with Gasteiger partial charge < -0.3 is 10.1 Å². The highest BCUT2D eigenvalue weighted by Gasteiger charge is 2.30. The number of anilines is 1. The number of benzene rings is 2. The number of nitro groups is 1. The van der Waals surface area contributed by atoms with Crippen molar-refractivity contribution in [2.45, 2.75) is 31.7 Å². The molecule has 2 aromatic carbocycles. The summed E-state index contributed by atoms with van der Waals surface area (Å²) in [5, 5.41) is 13.4. The summed E-state index contributed by atoms with van der Waals surface area (Å²) in [7, 11) is -3.97.